The number of aromatic amines is 1. The first-order valence-electron chi connectivity index (χ1n) is 9.39. The molecule has 0 atom stereocenters. The molecule has 3 rings (SSSR count). The third kappa shape index (κ3) is 4.44. The van der Waals surface area contributed by atoms with Crippen LogP contribution in [0, 0.1) is 18.3 Å². The van der Waals surface area contributed by atoms with Gasteiger partial charge in [0.1, 0.15) is 11.6 Å². The van der Waals surface area contributed by atoms with Gasteiger partial charge < -0.3 is 4.98 Å². The summed E-state index contributed by atoms with van der Waals surface area (Å²) in [6.07, 6.45) is 0. The zero-order valence-corrected chi connectivity index (χ0v) is 18.1. The molecule has 0 bridgehead atoms. The number of aromatic nitrogens is 1. The molecule has 30 heavy (non-hydrogen) atoms. The van der Waals surface area contributed by atoms with Gasteiger partial charge in [-0.1, -0.05) is 45.0 Å². The number of H-pyrrole nitrogens is 1. The van der Waals surface area contributed by atoms with Crippen LogP contribution >= 0.6 is 0 Å². The van der Waals surface area contributed by atoms with Crippen LogP contribution in [0.25, 0.3) is 11.1 Å². The number of sulfonamides is 1. The van der Waals surface area contributed by atoms with E-state index in [9.17, 15) is 18.5 Å². The fourth-order valence-corrected chi connectivity index (χ4v) is 4.18. The molecule has 0 spiro atoms. The van der Waals surface area contributed by atoms with Crippen LogP contribution < -0.4 is 10.3 Å². The normalized spacial score (nSPS) is 11.7. The molecule has 0 radical (unpaired) electrons. The summed E-state index contributed by atoms with van der Waals surface area (Å²) in [7, 11) is -3.79. The highest BCUT2D eigenvalue weighted by Crippen LogP contribution is 2.27. The summed E-state index contributed by atoms with van der Waals surface area (Å²) < 4.78 is 28.2. The van der Waals surface area contributed by atoms with Gasteiger partial charge in [-0.2, -0.15) is 5.26 Å². The number of benzene rings is 2. The van der Waals surface area contributed by atoms with Crippen LogP contribution in [-0.4, -0.2) is 13.4 Å². The molecule has 2 aromatic carbocycles. The Kier molecular flexibility index (Phi) is 5.55. The Bertz CT molecular complexity index is 1290. The fraction of sp³-hybridized carbons (Fsp3) is 0.217. The van der Waals surface area contributed by atoms with Crippen molar-refractivity contribution in [2.75, 3.05) is 4.72 Å². The first-order chi connectivity index (χ1) is 14.0. The fourth-order valence-electron chi connectivity index (χ4n) is 3.13. The van der Waals surface area contributed by atoms with E-state index in [4.69, 9.17) is 0 Å². The minimum absolute atomic E-state index is 0.0154. The summed E-state index contributed by atoms with van der Waals surface area (Å²) in [4.78, 5) is 14.8. The summed E-state index contributed by atoms with van der Waals surface area (Å²) in [6, 6.07) is 17.0. The van der Waals surface area contributed by atoms with Gasteiger partial charge in [0, 0.05) is 16.9 Å². The molecule has 154 valence electrons. The first kappa shape index (κ1) is 21.3. The van der Waals surface area contributed by atoms with Crippen molar-refractivity contribution in [1.29, 1.82) is 5.26 Å². The van der Waals surface area contributed by atoms with E-state index in [-0.39, 0.29) is 15.9 Å². The molecule has 0 amide bonds. The summed E-state index contributed by atoms with van der Waals surface area (Å²) in [5.41, 5.74) is 2.45. The Balaban J connectivity index is 1.96. The lowest BCUT2D eigenvalue weighted by molar-refractivity contribution is 0.587. The zero-order valence-electron chi connectivity index (χ0n) is 17.3. The highest BCUT2D eigenvalue weighted by atomic mass is 32.2. The van der Waals surface area contributed by atoms with Crippen LogP contribution in [0.1, 0.15) is 37.6 Å². The number of nitrogens with zero attached hydrogens (tertiary/aromatic N) is 1. The molecular weight excluding hydrogens is 398 g/mol. The van der Waals surface area contributed by atoms with Gasteiger partial charge in [-0.3, -0.25) is 9.52 Å². The molecule has 0 fully saturated rings. The van der Waals surface area contributed by atoms with Crippen LogP contribution in [0.15, 0.2) is 64.3 Å². The van der Waals surface area contributed by atoms with Crippen molar-refractivity contribution in [3.8, 4) is 17.2 Å². The van der Waals surface area contributed by atoms with Crippen molar-refractivity contribution in [3.05, 3.63) is 81.8 Å². The maximum absolute atomic E-state index is 12.8. The van der Waals surface area contributed by atoms with Crippen molar-refractivity contribution in [1.82, 2.24) is 4.98 Å². The van der Waals surface area contributed by atoms with E-state index in [0.717, 1.165) is 5.56 Å². The number of rotatable bonds is 4. The second-order valence-electron chi connectivity index (χ2n) is 8.14. The monoisotopic (exact) mass is 421 g/mol. The molecule has 0 unspecified atom stereocenters. The van der Waals surface area contributed by atoms with Crippen molar-refractivity contribution < 1.29 is 8.42 Å². The van der Waals surface area contributed by atoms with Crippen LogP contribution in [0.2, 0.25) is 0 Å². The van der Waals surface area contributed by atoms with Gasteiger partial charge in [0.2, 0.25) is 0 Å². The molecule has 6 nitrogen and oxygen atoms in total. The van der Waals surface area contributed by atoms with Crippen molar-refractivity contribution in [3.63, 3.8) is 0 Å². The molecule has 2 N–H and O–H groups in total. The lowest BCUT2D eigenvalue weighted by atomic mass is 9.87. The van der Waals surface area contributed by atoms with Gasteiger partial charge in [-0.25, -0.2) is 8.42 Å². The number of nitriles is 1. The predicted octanol–water partition coefficient (Wildman–Crippen LogP) is 4.32. The Morgan fingerprint density at radius 3 is 2.30 bits per heavy atom. The van der Waals surface area contributed by atoms with Gasteiger partial charge >= 0.3 is 0 Å². The Hall–Kier alpha value is -3.37. The maximum atomic E-state index is 12.8. The van der Waals surface area contributed by atoms with E-state index in [1.165, 1.54) is 0 Å². The number of nitrogens with one attached hydrogen (secondary N) is 2. The molecule has 1 heterocycles. The van der Waals surface area contributed by atoms with Crippen LogP contribution in [0.4, 0.5) is 5.69 Å². The van der Waals surface area contributed by atoms with Crippen LogP contribution in [0.3, 0.4) is 0 Å². The third-order valence-electron chi connectivity index (χ3n) is 4.74. The van der Waals surface area contributed by atoms with E-state index in [0.29, 0.717) is 22.5 Å². The van der Waals surface area contributed by atoms with E-state index in [2.05, 4.69) is 30.5 Å². The van der Waals surface area contributed by atoms with E-state index in [1.54, 1.807) is 49.4 Å². The third-order valence-corrected chi connectivity index (χ3v) is 6.13. The smallest absolute Gasteiger partial charge is 0.266 e. The Labute approximate surface area is 176 Å². The number of anilines is 1. The molecule has 0 aliphatic heterocycles. The molecule has 0 aliphatic carbocycles. The predicted molar refractivity (Wildman–Crippen MR) is 118 cm³/mol. The molecule has 0 aliphatic rings. The second-order valence-corrected chi connectivity index (χ2v) is 9.83. The molecule has 0 saturated heterocycles. The number of aryl methyl sites for hydroxylation is 1. The summed E-state index contributed by atoms with van der Waals surface area (Å²) in [6.45, 7) is 7.91. The second kappa shape index (κ2) is 7.81. The van der Waals surface area contributed by atoms with Crippen molar-refractivity contribution in [2.24, 2.45) is 0 Å². The van der Waals surface area contributed by atoms with Crippen LogP contribution in [-0.2, 0) is 15.4 Å². The summed E-state index contributed by atoms with van der Waals surface area (Å²) in [5.74, 6) is 0. The lowest BCUT2D eigenvalue weighted by Gasteiger charge is -2.19. The standard InChI is InChI=1S/C23H23N3O3S/c1-15-12-20(21(14-24)22(27)25-15)16-6-5-7-18(13-16)26-30(28,29)19-10-8-17(9-11-19)23(2,3)4/h5-13,26H,1-4H3,(H,25,27). The van der Waals surface area contributed by atoms with Crippen molar-refractivity contribution in [2.45, 2.75) is 38.0 Å². The molecule has 7 heteroatoms. The molecular formula is C23H23N3O3S. The average molecular weight is 422 g/mol. The maximum Gasteiger partial charge on any atom is 0.266 e. The molecule has 3 aromatic rings. The minimum Gasteiger partial charge on any atom is -0.325 e. The summed E-state index contributed by atoms with van der Waals surface area (Å²) in [5, 5.41) is 9.35. The van der Waals surface area contributed by atoms with E-state index >= 15 is 0 Å². The minimum atomic E-state index is -3.79. The zero-order chi connectivity index (χ0) is 22.1. The van der Waals surface area contributed by atoms with Crippen LogP contribution in [0.5, 0.6) is 0 Å². The molecule has 0 saturated carbocycles. The quantitative estimate of drug-likeness (QED) is 0.655. The highest BCUT2D eigenvalue weighted by Gasteiger charge is 2.18. The number of pyridine rings is 1. The van der Waals surface area contributed by atoms with Gasteiger partial charge in [-0.15, -0.1) is 0 Å². The first-order valence-corrected chi connectivity index (χ1v) is 10.9. The number of hydrogen-bond acceptors (Lipinski definition) is 4. The van der Waals surface area contributed by atoms with Crippen molar-refractivity contribution >= 4 is 15.7 Å². The van der Waals surface area contributed by atoms with Gasteiger partial charge in [0.05, 0.1) is 4.90 Å². The molecule has 1 aromatic heterocycles. The Morgan fingerprint density at radius 1 is 1.03 bits per heavy atom. The van der Waals surface area contributed by atoms with E-state index in [1.807, 2.05) is 18.2 Å². The number of hydrogen-bond donors (Lipinski definition) is 2. The highest BCUT2D eigenvalue weighted by molar-refractivity contribution is 7.92. The van der Waals surface area contributed by atoms with Gasteiger partial charge in [0.15, 0.2) is 0 Å². The van der Waals surface area contributed by atoms with Gasteiger partial charge in [0.25, 0.3) is 15.6 Å². The average Bonchev–Trinajstić information content (AvgIpc) is 2.67. The summed E-state index contributed by atoms with van der Waals surface area (Å²) >= 11 is 0. The SMILES string of the molecule is Cc1cc(-c2cccc(NS(=O)(=O)c3ccc(C(C)(C)C)cc3)c2)c(C#N)c(=O)[nH]1. The Morgan fingerprint density at radius 2 is 1.70 bits per heavy atom. The van der Waals surface area contributed by atoms with Gasteiger partial charge in [-0.05, 0) is 53.8 Å². The van der Waals surface area contributed by atoms with E-state index < -0.39 is 15.6 Å². The lowest BCUT2D eigenvalue weighted by Crippen LogP contribution is -2.15. The topological polar surface area (TPSA) is 103 Å². The largest absolute Gasteiger partial charge is 0.325 e.